The molecule has 0 saturated heterocycles. The second-order valence-electron chi connectivity index (χ2n) is 6.95. The van der Waals surface area contributed by atoms with Crippen LogP contribution in [0.5, 0.6) is 23.0 Å². The van der Waals surface area contributed by atoms with Gasteiger partial charge >= 0.3 is 0 Å². The van der Waals surface area contributed by atoms with Gasteiger partial charge in [0.2, 0.25) is 0 Å². The molecule has 0 aliphatic carbocycles. The van der Waals surface area contributed by atoms with Gasteiger partial charge in [0.1, 0.15) is 23.0 Å². The summed E-state index contributed by atoms with van der Waals surface area (Å²) in [5.41, 5.74) is 5.89. The van der Waals surface area contributed by atoms with Crippen molar-refractivity contribution in [2.45, 2.75) is 6.42 Å². The van der Waals surface area contributed by atoms with E-state index in [1.54, 1.807) is 24.3 Å². The lowest BCUT2D eigenvalue weighted by molar-refractivity contribution is 0.429. The number of hydrogen-bond acceptors (Lipinski definition) is 3. The maximum absolute atomic E-state index is 10.4. The van der Waals surface area contributed by atoms with E-state index in [2.05, 4.69) is 36.4 Å². The van der Waals surface area contributed by atoms with E-state index >= 15 is 0 Å². The lowest BCUT2D eigenvalue weighted by Gasteiger charge is -2.24. The Morgan fingerprint density at radius 3 is 2.18 bits per heavy atom. The van der Waals surface area contributed by atoms with Crippen LogP contribution in [0.1, 0.15) is 11.1 Å². The van der Waals surface area contributed by atoms with Gasteiger partial charge in [-0.2, -0.15) is 0 Å². The SMILES string of the molecule is Oc1ccc2c(c1)Cc1c(O)ccc(-c3ccc(-c4ccccc4)cc3)c1O2. The molecule has 2 N–H and O–H groups in total. The van der Waals surface area contributed by atoms with Crippen LogP contribution in [0.25, 0.3) is 22.3 Å². The van der Waals surface area contributed by atoms with Crippen LogP contribution in [0, 0.1) is 0 Å². The van der Waals surface area contributed by atoms with Crippen molar-refractivity contribution in [3.63, 3.8) is 0 Å². The Kier molecular flexibility index (Phi) is 3.80. The third-order valence-electron chi connectivity index (χ3n) is 5.16. The maximum atomic E-state index is 10.4. The third kappa shape index (κ3) is 2.78. The molecule has 4 aromatic rings. The first-order valence-corrected chi connectivity index (χ1v) is 9.19. The fraction of sp³-hybridized carbons (Fsp3) is 0.0400. The summed E-state index contributed by atoms with van der Waals surface area (Å²) in [4.78, 5) is 0. The van der Waals surface area contributed by atoms with Gasteiger partial charge in [-0.15, -0.1) is 0 Å². The van der Waals surface area contributed by atoms with Crippen LogP contribution in [0.15, 0.2) is 84.9 Å². The zero-order chi connectivity index (χ0) is 19.1. The predicted octanol–water partition coefficient (Wildman–Crippen LogP) is 6.13. The van der Waals surface area contributed by atoms with Gasteiger partial charge in [-0.25, -0.2) is 0 Å². The van der Waals surface area contributed by atoms with E-state index in [-0.39, 0.29) is 11.5 Å². The van der Waals surface area contributed by atoms with Crippen LogP contribution < -0.4 is 4.74 Å². The molecule has 1 heterocycles. The molecule has 4 aromatic carbocycles. The molecule has 0 radical (unpaired) electrons. The molecule has 0 unspecified atom stereocenters. The number of hydrogen-bond donors (Lipinski definition) is 2. The van der Waals surface area contributed by atoms with E-state index in [1.807, 2.05) is 24.3 Å². The zero-order valence-corrected chi connectivity index (χ0v) is 15.1. The Morgan fingerprint density at radius 1 is 0.679 bits per heavy atom. The van der Waals surface area contributed by atoms with Gasteiger partial charge in [-0.3, -0.25) is 0 Å². The Balaban J connectivity index is 1.57. The minimum atomic E-state index is 0.193. The zero-order valence-electron chi connectivity index (χ0n) is 15.1. The first kappa shape index (κ1) is 16.5. The average molecular weight is 366 g/mol. The van der Waals surface area contributed by atoms with Gasteiger partial charge < -0.3 is 14.9 Å². The van der Waals surface area contributed by atoms with Crippen molar-refractivity contribution < 1.29 is 14.9 Å². The quantitative estimate of drug-likeness (QED) is 0.395. The first-order chi connectivity index (χ1) is 13.7. The van der Waals surface area contributed by atoms with Gasteiger partial charge in [-0.1, -0.05) is 54.6 Å². The largest absolute Gasteiger partial charge is 0.508 e. The number of aromatic hydroxyl groups is 2. The van der Waals surface area contributed by atoms with Gasteiger partial charge in [0.15, 0.2) is 0 Å². The number of benzene rings is 4. The Bertz CT molecular complexity index is 1160. The minimum Gasteiger partial charge on any atom is -0.508 e. The Hall–Kier alpha value is -3.72. The highest BCUT2D eigenvalue weighted by Gasteiger charge is 2.24. The molecule has 5 rings (SSSR count). The van der Waals surface area contributed by atoms with Crippen molar-refractivity contribution >= 4 is 0 Å². The van der Waals surface area contributed by atoms with Crippen molar-refractivity contribution in [1.82, 2.24) is 0 Å². The molecule has 1 aliphatic heterocycles. The monoisotopic (exact) mass is 366 g/mol. The summed E-state index contributed by atoms with van der Waals surface area (Å²) < 4.78 is 6.14. The minimum absolute atomic E-state index is 0.193. The predicted molar refractivity (Wildman–Crippen MR) is 110 cm³/mol. The highest BCUT2D eigenvalue weighted by atomic mass is 16.5. The summed E-state index contributed by atoms with van der Waals surface area (Å²) in [6, 6.07) is 27.2. The second-order valence-corrected chi connectivity index (χ2v) is 6.95. The second kappa shape index (κ2) is 6.46. The van der Waals surface area contributed by atoms with Gasteiger partial charge in [-0.05, 0) is 47.0 Å². The summed E-state index contributed by atoms with van der Waals surface area (Å²) in [7, 11) is 0. The molecule has 0 aromatic heterocycles. The van der Waals surface area contributed by atoms with E-state index in [0.29, 0.717) is 17.9 Å². The molecular weight excluding hydrogens is 348 g/mol. The molecule has 3 nitrogen and oxygen atoms in total. The van der Waals surface area contributed by atoms with Gasteiger partial charge in [0.25, 0.3) is 0 Å². The van der Waals surface area contributed by atoms with Gasteiger partial charge in [0, 0.05) is 23.1 Å². The smallest absolute Gasteiger partial charge is 0.142 e. The van der Waals surface area contributed by atoms with Crippen LogP contribution in [-0.4, -0.2) is 10.2 Å². The summed E-state index contributed by atoms with van der Waals surface area (Å²) >= 11 is 0. The van der Waals surface area contributed by atoms with Crippen LogP contribution in [0.3, 0.4) is 0 Å². The van der Waals surface area contributed by atoms with Gasteiger partial charge in [0.05, 0.1) is 0 Å². The number of rotatable bonds is 2. The van der Waals surface area contributed by atoms with E-state index in [4.69, 9.17) is 4.74 Å². The maximum Gasteiger partial charge on any atom is 0.142 e. The van der Waals surface area contributed by atoms with Crippen molar-refractivity contribution in [1.29, 1.82) is 0 Å². The lowest BCUT2D eigenvalue weighted by Crippen LogP contribution is -2.04. The van der Waals surface area contributed by atoms with Crippen LogP contribution in [-0.2, 0) is 6.42 Å². The molecule has 136 valence electrons. The van der Waals surface area contributed by atoms with Crippen molar-refractivity contribution in [3.8, 4) is 45.3 Å². The van der Waals surface area contributed by atoms with Crippen LogP contribution >= 0.6 is 0 Å². The Morgan fingerprint density at radius 2 is 1.39 bits per heavy atom. The normalized spacial score (nSPS) is 12.0. The van der Waals surface area contributed by atoms with E-state index < -0.39 is 0 Å². The topological polar surface area (TPSA) is 49.7 Å². The molecule has 0 bridgehead atoms. The fourth-order valence-electron chi connectivity index (χ4n) is 3.71. The lowest BCUT2D eigenvalue weighted by atomic mass is 9.93. The molecular formula is C25H18O3. The summed E-state index contributed by atoms with van der Waals surface area (Å²) in [5, 5.41) is 20.1. The summed E-state index contributed by atoms with van der Waals surface area (Å²) in [5.74, 6) is 1.77. The molecule has 1 aliphatic rings. The molecule has 28 heavy (non-hydrogen) atoms. The molecule has 0 spiro atoms. The van der Waals surface area contributed by atoms with E-state index in [0.717, 1.165) is 27.8 Å². The first-order valence-electron chi connectivity index (χ1n) is 9.19. The highest BCUT2D eigenvalue weighted by Crippen LogP contribution is 2.46. The molecule has 0 atom stereocenters. The average Bonchev–Trinajstić information content (AvgIpc) is 2.74. The third-order valence-corrected chi connectivity index (χ3v) is 5.16. The van der Waals surface area contributed by atoms with E-state index in [9.17, 15) is 10.2 Å². The number of phenolic OH excluding ortho intramolecular Hbond substituents is 2. The number of fused-ring (bicyclic) bond motifs is 2. The van der Waals surface area contributed by atoms with Crippen molar-refractivity contribution in [2.75, 3.05) is 0 Å². The molecule has 3 heteroatoms. The molecule has 0 fully saturated rings. The number of phenols is 2. The fourth-order valence-corrected chi connectivity index (χ4v) is 3.71. The van der Waals surface area contributed by atoms with Crippen LogP contribution in [0.4, 0.5) is 0 Å². The standard InChI is InChI=1S/C25H18O3/c26-20-10-13-24-19(14-20)15-22-23(27)12-11-21(25(22)28-24)18-8-6-17(7-9-18)16-4-2-1-3-5-16/h1-14,26-27H,15H2. The summed E-state index contributed by atoms with van der Waals surface area (Å²) in [6.07, 6.45) is 0.515. The highest BCUT2D eigenvalue weighted by molar-refractivity contribution is 5.78. The summed E-state index contributed by atoms with van der Waals surface area (Å²) in [6.45, 7) is 0. The van der Waals surface area contributed by atoms with Crippen molar-refractivity contribution in [3.05, 3.63) is 96.1 Å². The van der Waals surface area contributed by atoms with Crippen LogP contribution in [0.2, 0.25) is 0 Å². The van der Waals surface area contributed by atoms with Crippen molar-refractivity contribution in [2.24, 2.45) is 0 Å². The molecule has 0 amide bonds. The number of ether oxygens (including phenoxy) is 1. The van der Waals surface area contributed by atoms with E-state index in [1.165, 1.54) is 5.56 Å². The Labute approximate surface area is 163 Å². The molecule has 0 saturated carbocycles.